The monoisotopic (exact) mass is 240 g/mol. The summed E-state index contributed by atoms with van der Waals surface area (Å²) >= 11 is 5.57. The molecule has 0 radical (unpaired) electrons. The smallest absolute Gasteiger partial charge is 0.134 e. The standard InChI is InChI=1S/C13H17ClO2/c1-11(15)10-12-4-6-13(7-5-12)16-9-3-2-8-14/h4-7H,2-3,8-10H2,1H3. The van der Waals surface area contributed by atoms with Crippen molar-refractivity contribution in [2.45, 2.75) is 26.2 Å². The molecule has 1 rings (SSSR count). The van der Waals surface area contributed by atoms with E-state index >= 15 is 0 Å². The average molecular weight is 241 g/mol. The fraction of sp³-hybridized carbons (Fsp3) is 0.462. The first-order valence-corrected chi connectivity index (χ1v) is 6.03. The molecule has 0 atom stereocenters. The number of benzene rings is 1. The van der Waals surface area contributed by atoms with E-state index in [4.69, 9.17) is 16.3 Å². The second kappa shape index (κ2) is 7.29. The number of carbonyl (C=O) groups is 1. The molecule has 2 nitrogen and oxygen atoms in total. The van der Waals surface area contributed by atoms with Crippen molar-refractivity contribution in [1.29, 1.82) is 0 Å². The first kappa shape index (κ1) is 13.0. The van der Waals surface area contributed by atoms with Crippen molar-refractivity contribution in [3.8, 4) is 5.75 Å². The van der Waals surface area contributed by atoms with Crippen LogP contribution in [0.4, 0.5) is 0 Å². The highest BCUT2D eigenvalue weighted by molar-refractivity contribution is 6.17. The molecule has 0 saturated carbocycles. The van der Waals surface area contributed by atoms with Crippen LogP contribution in [0.25, 0.3) is 0 Å². The highest BCUT2D eigenvalue weighted by Crippen LogP contribution is 2.13. The number of carbonyl (C=O) groups excluding carboxylic acids is 1. The van der Waals surface area contributed by atoms with Crippen molar-refractivity contribution in [2.24, 2.45) is 0 Å². The van der Waals surface area contributed by atoms with E-state index in [1.165, 1.54) is 0 Å². The number of ether oxygens (including phenoxy) is 1. The Bertz CT molecular complexity index is 319. The lowest BCUT2D eigenvalue weighted by Gasteiger charge is -2.06. The lowest BCUT2D eigenvalue weighted by Crippen LogP contribution is -1.99. The Morgan fingerprint density at radius 1 is 1.25 bits per heavy atom. The zero-order chi connectivity index (χ0) is 11.8. The second-order valence-corrected chi connectivity index (χ2v) is 4.15. The van der Waals surface area contributed by atoms with Crippen LogP contribution in [0.5, 0.6) is 5.75 Å². The third kappa shape index (κ3) is 5.17. The number of Topliss-reactive ketones (excluding diaryl/α,β-unsaturated/α-hetero) is 1. The van der Waals surface area contributed by atoms with Gasteiger partial charge in [-0.1, -0.05) is 12.1 Å². The lowest BCUT2D eigenvalue weighted by atomic mass is 10.1. The van der Waals surface area contributed by atoms with Crippen molar-refractivity contribution in [1.82, 2.24) is 0 Å². The molecule has 3 heteroatoms. The second-order valence-electron chi connectivity index (χ2n) is 3.77. The van der Waals surface area contributed by atoms with E-state index in [9.17, 15) is 4.79 Å². The van der Waals surface area contributed by atoms with Crippen molar-refractivity contribution in [3.63, 3.8) is 0 Å². The molecule has 0 N–H and O–H groups in total. The number of hydrogen-bond acceptors (Lipinski definition) is 2. The molecule has 0 unspecified atom stereocenters. The summed E-state index contributed by atoms with van der Waals surface area (Å²) < 4.78 is 5.52. The first-order valence-electron chi connectivity index (χ1n) is 5.49. The minimum Gasteiger partial charge on any atom is -0.494 e. The van der Waals surface area contributed by atoms with Crippen LogP contribution in [0.3, 0.4) is 0 Å². The number of unbranched alkanes of at least 4 members (excludes halogenated alkanes) is 1. The van der Waals surface area contributed by atoms with Gasteiger partial charge in [-0.05, 0) is 37.5 Å². The molecule has 0 fully saturated rings. The molecule has 0 heterocycles. The largest absolute Gasteiger partial charge is 0.494 e. The Kier molecular flexibility index (Phi) is 5.94. The van der Waals surface area contributed by atoms with Crippen molar-refractivity contribution < 1.29 is 9.53 Å². The number of alkyl halides is 1. The van der Waals surface area contributed by atoms with Gasteiger partial charge in [0.15, 0.2) is 0 Å². The van der Waals surface area contributed by atoms with Crippen LogP contribution in [-0.4, -0.2) is 18.3 Å². The molecule has 0 aromatic heterocycles. The Morgan fingerprint density at radius 2 is 1.94 bits per heavy atom. The van der Waals surface area contributed by atoms with Gasteiger partial charge in [-0.25, -0.2) is 0 Å². The number of ketones is 1. The lowest BCUT2D eigenvalue weighted by molar-refractivity contribution is -0.116. The van der Waals surface area contributed by atoms with Crippen LogP contribution < -0.4 is 4.74 Å². The van der Waals surface area contributed by atoms with Gasteiger partial charge in [0.25, 0.3) is 0 Å². The summed E-state index contributed by atoms with van der Waals surface area (Å²) in [6, 6.07) is 7.66. The van der Waals surface area contributed by atoms with E-state index in [2.05, 4.69) is 0 Å². The maximum absolute atomic E-state index is 10.9. The molecule has 0 saturated heterocycles. The SMILES string of the molecule is CC(=O)Cc1ccc(OCCCCCl)cc1. The zero-order valence-corrected chi connectivity index (χ0v) is 10.3. The zero-order valence-electron chi connectivity index (χ0n) is 9.54. The summed E-state index contributed by atoms with van der Waals surface area (Å²) in [4.78, 5) is 10.9. The number of rotatable bonds is 7. The van der Waals surface area contributed by atoms with E-state index in [-0.39, 0.29) is 5.78 Å². The highest BCUT2D eigenvalue weighted by atomic mass is 35.5. The van der Waals surface area contributed by atoms with Crippen LogP contribution in [0.15, 0.2) is 24.3 Å². The van der Waals surface area contributed by atoms with Crippen molar-refractivity contribution in [3.05, 3.63) is 29.8 Å². The van der Waals surface area contributed by atoms with Crippen LogP contribution >= 0.6 is 11.6 Å². The highest BCUT2D eigenvalue weighted by Gasteiger charge is 1.98. The van der Waals surface area contributed by atoms with Crippen molar-refractivity contribution >= 4 is 17.4 Å². The summed E-state index contributed by atoms with van der Waals surface area (Å²) in [7, 11) is 0. The average Bonchev–Trinajstić information content (AvgIpc) is 2.26. The van der Waals surface area contributed by atoms with Crippen LogP contribution in [-0.2, 0) is 11.2 Å². The molecular weight excluding hydrogens is 224 g/mol. The minimum absolute atomic E-state index is 0.177. The quantitative estimate of drug-likeness (QED) is 0.540. The minimum atomic E-state index is 0.177. The molecule has 0 amide bonds. The molecule has 1 aromatic rings. The van der Waals surface area contributed by atoms with Gasteiger partial charge in [0.2, 0.25) is 0 Å². The predicted molar refractivity (Wildman–Crippen MR) is 66.3 cm³/mol. The van der Waals surface area contributed by atoms with E-state index < -0.39 is 0 Å². The number of halogens is 1. The summed E-state index contributed by atoms with van der Waals surface area (Å²) in [5.41, 5.74) is 1.03. The van der Waals surface area contributed by atoms with E-state index in [0.717, 1.165) is 24.2 Å². The van der Waals surface area contributed by atoms with Crippen LogP contribution in [0, 0.1) is 0 Å². The van der Waals surface area contributed by atoms with Gasteiger partial charge in [-0.2, -0.15) is 0 Å². The maximum atomic E-state index is 10.9. The van der Waals surface area contributed by atoms with Gasteiger partial charge in [0.05, 0.1) is 6.61 Å². The third-order valence-corrected chi connectivity index (χ3v) is 2.44. The van der Waals surface area contributed by atoms with Crippen molar-refractivity contribution in [2.75, 3.05) is 12.5 Å². The summed E-state index contributed by atoms with van der Waals surface area (Å²) in [6.07, 6.45) is 2.44. The third-order valence-electron chi connectivity index (χ3n) is 2.17. The summed E-state index contributed by atoms with van der Waals surface area (Å²) in [5.74, 6) is 1.71. The van der Waals surface area contributed by atoms with E-state index in [0.29, 0.717) is 18.9 Å². The molecule has 16 heavy (non-hydrogen) atoms. The van der Waals surface area contributed by atoms with Crippen LogP contribution in [0.1, 0.15) is 25.3 Å². The normalized spacial score (nSPS) is 10.1. The predicted octanol–water partition coefficient (Wildman–Crippen LogP) is 3.22. The molecule has 1 aromatic carbocycles. The summed E-state index contributed by atoms with van der Waals surface area (Å²) in [5, 5.41) is 0. The fourth-order valence-electron chi connectivity index (χ4n) is 1.38. The fourth-order valence-corrected chi connectivity index (χ4v) is 1.57. The molecule has 0 aliphatic rings. The van der Waals surface area contributed by atoms with Gasteiger partial charge in [-0.15, -0.1) is 11.6 Å². The van der Waals surface area contributed by atoms with E-state index in [1.807, 2.05) is 24.3 Å². The van der Waals surface area contributed by atoms with Gasteiger partial charge >= 0.3 is 0 Å². The van der Waals surface area contributed by atoms with Crippen LogP contribution in [0.2, 0.25) is 0 Å². The van der Waals surface area contributed by atoms with Gasteiger partial charge in [0, 0.05) is 12.3 Å². The first-order chi connectivity index (χ1) is 7.72. The Morgan fingerprint density at radius 3 is 2.50 bits per heavy atom. The Labute approximate surface area is 102 Å². The molecule has 88 valence electrons. The topological polar surface area (TPSA) is 26.3 Å². The van der Waals surface area contributed by atoms with E-state index in [1.54, 1.807) is 6.92 Å². The summed E-state index contributed by atoms with van der Waals surface area (Å²) in [6.45, 7) is 2.29. The molecule has 0 spiro atoms. The molecule has 0 aliphatic heterocycles. The molecular formula is C13H17ClO2. The van der Waals surface area contributed by atoms with Gasteiger partial charge in [0.1, 0.15) is 11.5 Å². The molecule has 0 bridgehead atoms. The Hall–Kier alpha value is -1.02. The van der Waals surface area contributed by atoms with Gasteiger partial charge < -0.3 is 4.74 Å². The maximum Gasteiger partial charge on any atom is 0.134 e. The van der Waals surface area contributed by atoms with Gasteiger partial charge in [-0.3, -0.25) is 4.79 Å². The number of hydrogen-bond donors (Lipinski definition) is 0. The Balaban J connectivity index is 2.36. The molecule has 0 aliphatic carbocycles.